The number of benzene rings is 1. The van der Waals surface area contributed by atoms with E-state index in [1.165, 1.54) is 12.1 Å². The fourth-order valence-corrected chi connectivity index (χ4v) is 4.00. The Hall–Kier alpha value is -1.78. The maximum absolute atomic E-state index is 13.8. The summed E-state index contributed by atoms with van der Waals surface area (Å²) in [5.41, 5.74) is 3.24. The number of nitrogens with zero attached hydrogens (tertiary/aromatic N) is 3. The third-order valence-corrected chi connectivity index (χ3v) is 5.10. The van der Waals surface area contributed by atoms with Gasteiger partial charge in [0.15, 0.2) is 0 Å². The molecule has 4 rings (SSSR count). The van der Waals surface area contributed by atoms with Gasteiger partial charge in [0, 0.05) is 45.0 Å². The zero-order valence-corrected chi connectivity index (χ0v) is 12.9. The summed E-state index contributed by atoms with van der Waals surface area (Å²) in [4.78, 5) is 18.9. The van der Waals surface area contributed by atoms with Crippen molar-refractivity contribution >= 4 is 11.7 Å². The van der Waals surface area contributed by atoms with Gasteiger partial charge in [0.2, 0.25) is 0 Å². The van der Waals surface area contributed by atoms with Gasteiger partial charge in [0.05, 0.1) is 0 Å². The average Bonchev–Trinajstić information content (AvgIpc) is 2.84. The first kappa shape index (κ1) is 13.9. The fourth-order valence-electron chi connectivity index (χ4n) is 4.00. The molecule has 0 unspecified atom stereocenters. The number of carbonyl (C=O) groups is 1. The van der Waals surface area contributed by atoms with E-state index in [2.05, 4.69) is 4.90 Å². The van der Waals surface area contributed by atoms with Gasteiger partial charge in [0.1, 0.15) is 5.82 Å². The van der Waals surface area contributed by atoms with Gasteiger partial charge >= 0.3 is 6.03 Å². The van der Waals surface area contributed by atoms with Crippen LogP contribution in [0.5, 0.6) is 0 Å². The van der Waals surface area contributed by atoms with Crippen LogP contribution in [0.4, 0.5) is 14.9 Å². The lowest BCUT2D eigenvalue weighted by Crippen LogP contribution is -2.46. The van der Waals surface area contributed by atoms with Crippen molar-refractivity contribution in [3.05, 3.63) is 29.1 Å². The van der Waals surface area contributed by atoms with Crippen LogP contribution in [0.3, 0.4) is 0 Å². The first-order chi connectivity index (χ1) is 10.7. The number of piperidine rings is 1. The highest BCUT2D eigenvalue weighted by atomic mass is 19.1. The number of amides is 2. The lowest BCUT2D eigenvalue weighted by Gasteiger charge is -2.32. The van der Waals surface area contributed by atoms with E-state index in [1.807, 2.05) is 9.80 Å². The third-order valence-electron chi connectivity index (χ3n) is 5.10. The summed E-state index contributed by atoms with van der Waals surface area (Å²) >= 11 is 0. The van der Waals surface area contributed by atoms with Gasteiger partial charge in [-0.25, -0.2) is 9.18 Å². The van der Waals surface area contributed by atoms with Crippen LogP contribution in [0, 0.1) is 5.82 Å². The summed E-state index contributed by atoms with van der Waals surface area (Å²) in [6.07, 6.45) is 4.33. The zero-order chi connectivity index (χ0) is 15.1. The number of hydrogen-bond acceptors (Lipinski definition) is 2. The minimum Gasteiger partial charge on any atom is -0.369 e. The second-order valence-corrected chi connectivity index (χ2v) is 6.56. The molecule has 0 aliphatic carbocycles. The largest absolute Gasteiger partial charge is 0.369 e. The van der Waals surface area contributed by atoms with E-state index in [4.69, 9.17) is 0 Å². The van der Waals surface area contributed by atoms with E-state index in [0.29, 0.717) is 6.54 Å². The molecule has 0 atom stereocenters. The minimum absolute atomic E-state index is 0.124. The number of anilines is 1. The van der Waals surface area contributed by atoms with Crippen LogP contribution in [-0.4, -0.2) is 48.6 Å². The molecule has 1 fully saturated rings. The second kappa shape index (κ2) is 5.45. The summed E-state index contributed by atoms with van der Waals surface area (Å²) < 4.78 is 13.8. The molecule has 3 aliphatic heterocycles. The van der Waals surface area contributed by atoms with Crippen molar-refractivity contribution in [1.29, 1.82) is 0 Å². The number of carbonyl (C=O) groups excluding carboxylic acids is 1. The Morgan fingerprint density at radius 3 is 2.50 bits per heavy atom. The van der Waals surface area contributed by atoms with E-state index < -0.39 is 0 Å². The van der Waals surface area contributed by atoms with Crippen LogP contribution in [0.1, 0.15) is 30.4 Å². The van der Waals surface area contributed by atoms with Crippen LogP contribution in [-0.2, 0) is 13.0 Å². The minimum atomic E-state index is -0.178. The standard InChI is InChI=1S/C17H22FN3O/c18-15-10-13-4-7-19-8-9-21(12-14(11-15)16(13)19)17(22)20-5-2-1-3-6-20/h10-11H,1-9,12H2. The van der Waals surface area contributed by atoms with Gasteiger partial charge in [-0.1, -0.05) is 0 Å². The monoisotopic (exact) mass is 303 g/mol. The van der Waals surface area contributed by atoms with Crippen molar-refractivity contribution in [3.63, 3.8) is 0 Å². The van der Waals surface area contributed by atoms with Crippen LogP contribution in [0.2, 0.25) is 0 Å². The number of halogens is 1. The van der Waals surface area contributed by atoms with Crippen LogP contribution in [0.15, 0.2) is 12.1 Å². The van der Waals surface area contributed by atoms with Crippen molar-refractivity contribution in [2.24, 2.45) is 0 Å². The molecule has 1 aromatic rings. The van der Waals surface area contributed by atoms with E-state index >= 15 is 0 Å². The Balaban J connectivity index is 1.60. The summed E-state index contributed by atoms with van der Waals surface area (Å²) in [6, 6.07) is 3.39. The Bertz CT molecular complexity index is 598. The lowest BCUT2D eigenvalue weighted by molar-refractivity contribution is 0.143. The highest BCUT2D eigenvalue weighted by Crippen LogP contribution is 2.35. The summed E-state index contributed by atoms with van der Waals surface area (Å²) in [7, 11) is 0. The molecule has 0 saturated carbocycles. The topological polar surface area (TPSA) is 26.8 Å². The van der Waals surface area contributed by atoms with Crippen LogP contribution in [0.25, 0.3) is 0 Å². The van der Waals surface area contributed by atoms with Gasteiger partial charge in [-0.3, -0.25) is 0 Å². The molecule has 0 N–H and O–H groups in total. The van der Waals surface area contributed by atoms with Gasteiger partial charge in [-0.05, 0) is 48.9 Å². The Labute approximate surface area is 130 Å². The molecule has 0 radical (unpaired) electrons. The molecule has 3 aliphatic rings. The predicted molar refractivity (Wildman–Crippen MR) is 83.5 cm³/mol. The number of hydrogen-bond donors (Lipinski definition) is 0. The third kappa shape index (κ3) is 2.32. The van der Waals surface area contributed by atoms with Crippen molar-refractivity contribution in [2.75, 3.05) is 37.6 Å². The van der Waals surface area contributed by atoms with Gasteiger partial charge < -0.3 is 14.7 Å². The smallest absolute Gasteiger partial charge is 0.320 e. The van der Waals surface area contributed by atoms with Crippen molar-refractivity contribution < 1.29 is 9.18 Å². The maximum Gasteiger partial charge on any atom is 0.320 e. The molecule has 0 aromatic heterocycles. The maximum atomic E-state index is 13.8. The van der Waals surface area contributed by atoms with Crippen LogP contribution < -0.4 is 4.90 Å². The molecule has 5 heteroatoms. The second-order valence-electron chi connectivity index (χ2n) is 6.56. The van der Waals surface area contributed by atoms with E-state index in [-0.39, 0.29) is 11.8 Å². The van der Waals surface area contributed by atoms with Crippen molar-refractivity contribution in [1.82, 2.24) is 9.80 Å². The molecule has 4 nitrogen and oxygen atoms in total. The SMILES string of the molecule is O=C(N1CCCCC1)N1CCN2CCc3cc(F)cc(c32)C1. The van der Waals surface area contributed by atoms with E-state index in [9.17, 15) is 9.18 Å². The predicted octanol–water partition coefficient (Wildman–Crippen LogP) is 2.61. The molecular weight excluding hydrogens is 281 g/mol. The highest BCUT2D eigenvalue weighted by Gasteiger charge is 2.31. The summed E-state index contributed by atoms with van der Waals surface area (Å²) in [5, 5.41) is 0. The first-order valence-electron chi connectivity index (χ1n) is 8.32. The normalized spacial score (nSPS) is 20.9. The first-order valence-corrected chi connectivity index (χ1v) is 8.32. The number of likely N-dealkylation sites (tertiary alicyclic amines) is 1. The molecule has 3 heterocycles. The average molecular weight is 303 g/mol. The molecule has 0 spiro atoms. The van der Waals surface area contributed by atoms with Crippen LogP contribution >= 0.6 is 0 Å². The van der Waals surface area contributed by atoms with Gasteiger partial charge in [-0.15, -0.1) is 0 Å². The quantitative estimate of drug-likeness (QED) is 0.736. The van der Waals surface area contributed by atoms with Crippen molar-refractivity contribution in [2.45, 2.75) is 32.2 Å². The Kier molecular flexibility index (Phi) is 3.43. The summed E-state index contributed by atoms with van der Waals surface area (Å²) in [5.74, 6) is -0.178. The molecule has 22 heavy (non-hydrogen) atoms. The lowest BCUT2D eigenvalue weighted by atomic mass is 10.1. The highest BCUT2D eigenvalue weighted by molar-refractivity contribution is 5.76. The van der Waals surface area contributed by atoms with Gasteiger partial charge in [0.25, 0.3) is 0 Å². The Morgan fingerprint density at radius 1 is 0.909 bits per heavy atom. The van der Waals surface area contributed by atoms with E-state index in [0.717, 1.165) is 63.1 Å². The molecule has 2 amide bonds. The number of rotatable bonds is 0. The molecule has 118 valence electrons. The fraction of sp³-hybridized carbons (Fsp3) is 0.588. The van der Waals surface area contributed by atoms with Gasteiger partial charge in [-0.2, -0.15) is 0 Å². The molecule has 1 saturated heterocycles. The Morgan fingerprint density at radius 2 is 1.68 bits per heavy atom. The summed E-state index contributed by atoms with van der Waals surface area (Å²) in [6.45, 7) is 4.78. The molecular formula is C17H22FN3O. The van der Waals surface area contributed by atoms with Crippen molar-refractivity contribution in [3.8, 4) is 0 Å². The zero-order valence-electron chi connectivity index (χ0n) is 12.9. The molecule has 1 aromatic carbocycles. The van der Waals surface area contributed by atoms with E-state index in [1.54, 1.807) is 12.1 Å². The number of urea groups is 1. The molecule has 0 bridgehead atoms.